The zero-order valence-electron chi connectivity index (χ0n) is 11.7. The Morgan fingerprint density at radius 3 is 2.71 bits per heavy atom. The average Bonchev–Trinajstić information content (AvgIpc) is 2.47. The lowest BCUT2D eigenvalue weighted by Crippen LogP contribution is -2.41. The van der Waals surface area contributed by atoms with Crippen LogP contribution in [0.4, 0.5) is 0 Å². The molecule has 0 N–H and O–H groups in total. The summed E-state index contributed by atoms with van der Waals surface area (Å²) in [6.45, 7) is 8.97. The minimum absolute atomic E-state index is 0.0313. The van der Waals surface area contributed by atoms with E-state index in [4.69, 9.17) is 6.57 Å². The molecule has 0 aliphatic heterocycles. The van der Waals surface area contributed by atoms with Gasteiger partial charge < -0.3 is 4.85 Å². The highest BCUT2D eigenvalue weighted by Crippen LogP contribution is 2.29. The van der Waals surface area contributed by atoms with E-state index < -0.39 is 20.6 Å². The van der Waals surface area contributed by atoms with Gasteiger partial charge in [-0.3, -0.25) is 0 Å². The molecule has 2 atom stereocenters. The van der Waals surface area contributed by atoms with E-state index in [-0.39, 0.29) is 5.75 Å². The van der Waals surface area contributed by atoms with Crippen LogP contribution in [0.2, 0.25) is 0 Å². The van der Waals surface area contributed by atoms with Crippen molar-refractivity contribution in [2.75, 3.05) is 5.75 Å². The Morgan fingerprint density at radius 2 is 2.05 bits per heavy atom. The molecule has 2 unspecified atom stereocenters. The van der Waals surface area contributed by atoms with Gasteiger partial charge in [0.2, 0.25) is 0 Å². The molecular formula is C16H16BrNO2S. The molecule has 21 heavy (non-hydrogen) atoms. The first-order chi connectivity index (χ1) is 9.89. The van der Waals surface area contributed by atoms with Gasteiger partial charge in [-0.05, 0) is 18.1 Å². The number of sulfone groups is 1. The summed E-state index contributed by atoms with van der Waals surface area (Å²) in [4.78, 5) is 3.52. The number of hydrogen-bond acceptors (Lipinski definition) is 2. The van der Waals surface area contributed by atoms with Gasteiger partial charge in [0.05, 0.1) is 5.75 Å². The van der Waals surface area contributed by atoms with E-state index in [0.29, 0.717) is 6.42 Å². The van der Waals surface area contributed by atoms with Crippen LogP contribution in [0.1, 0.15) is 12.5 Å². The standard InChI is InChI=1S/C16H16BrNO2S/c1-16(18-2)11-6-5-9-15(16)21(19,20)12-10-13-7-3-4-8-14(13)17/h3-9,11,15H,10,12H2,1H3. The lowest BCUT2D eigenvalue weighted by Gasteiger charge is -2.24. The Bertz CT molecular complexity index is 731. The number of halogens is 1. The van der Waals surface area contributed by atoms with Crippen LogP contribution in [0.5, 0.6) is 0 Å². The molecule has 0 spiro atoms. The van der Waals surface area contributed by atoms with Gasteiger partial charge in [0, 0.05) is 17.5 Å². The maximum absolute atomic E-state index is 12.6. The van der Waals surface area contributed by atoms with Gasteiger partial charge in [0.1, 0.15) is 0 Å². The fourth-order valence-electron chi connectivity index (χ4n) is 2.37. The van der Waals surface area contributed by atoms with Crippen molar-refractivity contribution >= 4 is 25.8 Å². The van der Waals surface area contributed by atoms with Gasteiger partial charge in [-0.15, -0.1) is 0 Å². The molecule has 5 heteroatoms. The molecule has 0 radical (unpaired) electrons. The summed E-state index contributed by atoms with van der Waals surface area (Å²) >= 11 is 3.43. The van der Waals surface area contributed by atoms with Crippen molar-refractivity contribution in [3.8, 4) is 0 Å². The third-order valence-electron chi connectivity index (χ3n) is 3.65. The number of aryl methyl sites for hydroxylation is 1. The third kappa shape index (κ3) is 3.45. The number of benzene rings is 1. The van der Waals surface area contributed by atoms with Crippen LogP contribution in [0.15, 0.2) is 53.0 Å². The summed E-state index contributed by atoms with van der Waals surface area (Å²) in [6.07, 6.45) is 7.16. The van der Waals surface area contributed by atoms with Crippen molar-refractivity contribution in [3.63, 3.8) is 0 Å². The molecule has 0 saturated heterocycles. The number of allylic oxidation sites excluding steroid dienone is 2. The molecule has 1 aromatic rings. The number of nitrogens with zero attached hydrogens (tertiary/aromatic N) is 1. The van der Waals surface area contributed by atoms with Crippen molar-refractivity contribution in [3.05, 3.63) is 70.0 Å². The van der Waals surface area contributed by atoms with E-state index in [0.717, 1.165) is 10.0 Å². The molecule has 0 bridgehead atoms. The molecule has 0 fully saturated rings. The first kappa shape index (κ1) is 16.0. The topological polar surface area (TPSA) is 38.5 Å². The number of rotatable bonds is 4. The minimum atomic E-state index is -3.39. The van der Waals surface area contributed by atoms with Crippen LogP contribution in [-0.2, 0) is 16.3 Å². The van der Waals surface area contributed by atoms with Gasteiger partial charge in [0.15, 0.2) is 15.1 Å². The van der Waals surface area contributed by atoms with E-state index in [1.807, 2.05) is 24.3 Å². The summed E-state index contributed by atoms with van der Waals surface area (Å²) in [5.74, 6) is 0.0313. The fourth-order valence-corrected chi connectivity index (χ4v) is 4.80. The summed E-state index contributed by atoms with van der Waals surface area (Å²) in [6, 6.07) is 7.59. The third-order valence-corrected chi connectivity index (χ3v) is 6.60. The normalized spacial score (nSPS) is 24.7. The van der Waals surface area contributed by atoms with Crippen LogP contribution in [0.3, 0.4) is 0 Å². The Morgan fingerprint density at radius 1 is 1.33 bits per heavy atom. The highest BCUT2D eigenvalue weighted by molar-refractivity contribution is 9.10. The molecule has 0 aromatic heterocycles. The van der Waals surface area contributed by atoms with Gasteiger partial charge in [0.25, 0.3) is 5.54 Å². The minimum Gasteiger partial charge on any atom is -0.304 e. The van der Waals surface area contributed by atoms with E-state index in [9.17, 15) is 8.42 Å². The lowest BCUT2D eigenvalue weighted by molar-refractivity contribution is 0.566. The Kier molecular flexibility index (Phi) is 4.70. The second-order valence-electron chi connectivity index (χ2n) is 5.21. The summed E-state index contributed by atoms with van der Waals surface area (Å²) in [5, 5.41) is -0.782. The molecule has 110 valence electrons. The Balaban J connectivity index is 2.20. The van der Waals surface area contributed by atoms with Gasteiger partial charge >= 0.3 is 0 Å². The van der Waals surface area contributed by atoms with Crippen LogP contribution in [0.25, 0.3) is 4.85 Å². The fraction of sp³-hybridized carbons (Fsp3) is 0.312. The average molecular weight is 366 g/mol. The quantitative estimate of drug-likeness (QED) is 0.764. The van der Waals surface area contributed by atoms with Crippen LogP contribution >= 0.6 is 15.9 Å². The zero-order valence-corrected chi connectivity index (χ0v) is 14.1. The lowest BCUT2D eigenvalue weighted by atomic mass is 9.94. The SMILES string of the molecule is [C-]#[N+]C1(C)C=CC=CC1S(=O)(=O)CCc1ccccc1Br. The molecule has 2 rings (SSSR count). The summed E-state index contributed by atoms with van der Waals surface area (Å²) < 4.78 is 26.1. The van der Waals surface area contributed by atoms with E-state index >= 15 is 0 Å². The van der Waals surface area contributed by atoms with Crippen LogP contribution in [-0.4, -0.2) is 25.0 Å². The highest BCUT2D eigenvalue weighted by Gasteiger charge is 2.45. The van der Waals surface area contributed by atoms with Crippen LogP contribution in [0, 0.1) is 6.57 Å². The molecule has 1 aliphatic rings. The van der Waals surface area contributed by atoms with E-state index in [2.05, 4.69) is 20.8 Å². The van der Waals surface area contributed by atoms with Crippen molar-refractivity contribution in [1.29, 1.82) is 0 Å². The van der Waals surface area contributed by atoms with Crippen molar-refractivity contribution in [2.45, 2.75) is 24.1 Å². The first-order valence-electron chi connectivity index (χ1n) is 6.59. The predicted molar refractivity (Wildman–Crippen MR) is 88.7 cm³/mol. The van der Waals surface area contributed by atoms with Gasteiger partial charge in [-0.25, -0.2) is 15.0 Å². The summed E-state index contributed by atoms with van der Waals surface area (Å²) in [7, 11) is -3.39. The zero-order chi connectivity index (χ0) is 15.5. The molecule has 3 nitrogen and oxygen atoms in total. The van der Waals surface area contributed by atoms with Crippen molar-refractivity contribution in [1.82, 2.24) is 0 Å². The Hall–Kier alpha value is -1.38. The smallest absolute Gasteiger partial charge is 0.268 e. The molecule has 1 aromatic carbocycles. The second-order valence-corrected chi connectivity index (χ2v) is 8.31. The second kappa shape index (κ2) is 6.17. The van der Waals surface area contributed by atoms with Crippen molar-refractivity contribution < 1.29 is 8.42 Å². The number of hydrogen-bond donors (Lipinski definition) is 0. The largest absolute Gasteiger partial charge is 0.304 e. The van der Waals surface area contributed by atoms with Crippen molar-refractivity contribution in [2.24, 2.45) is 0 Å². The molecule has 1 aliphatic carbocycles. The summed E-state index contributed by atoms with van der Waals surface area (Å²) in [5.41, 5.74) is -0.0532. The molecular weight excluding hydrogens is 350 g/mol. The predicted octanol–water partition coefficient (Wildman–Crippen LogP) is 3.58. The van der Waals surface area contributed by atoms with E-state index in [1.54, 1.807) is 31.2 Å². The van der Waals surface area contributed by atoms with Crippen LogP contribution < -0.4 is 0 Å². The monoisotopic (exact) mass is 365 g/mol. The first-order valence-corrected chi connectivity index (χ1v) is 9.09. The highest BCUT2D eigenvalue weighted by atomic mass is 79.9. The maximum atomic E-state index is 12.6. The Labute approximate surface area is 134 Å². The van der Waals surface area contributed by atoms with Gasteiger partial charge in [-0.2, -0.15) is 0 Å². The molecule has 0 amide bonds. The van der Waals surface area contributed by atoms with Gasteiger partial charge in [-0.1, -0.05) is 52.4 Å². The maximum Gasteiger partial charge on any atom is 0.268 e. The van der Waals surface area contributed by atoms with E-state index in [1.165, 1.54) is 0 Å². The molecule has 0 saturated carbocycles. The molecule has 0 heterocycles.